The van der Waals surface area contributed by atoms with Gasteiger partial charge in [-0.05, 0) is 50.5 Å². The number of amides is 1. The maximum atomic E-state index is 12.4. The van der Waals surface area contributed by atoms with Gasteiger partial charge in [0, 0.05) is 18.7 Å². The molecule has 1 amide bonds. The van der Waals surface area contributed by atoms with Crippen LogP contribution in [0, 0.1) is 0 Å². The van der Waals surface area contributed by atoms with Crippen LogP contribution in [0.1, 0.15) is 30.6 Å². The highest BCUT2D eigenvalue weighted by molar-refractivity contribution is 7.98. The summed E-state index contributed by atoms with van der Waals surface area (Å²) in [4.78, 5) is 14.2. The molecule has 2 N–H and O–H groups in total. The quantitative estimate of drug-likeness (QED) is 0.786. The largest absolute Gasteiger partial charge is 0.492 e. The molecule has 4 nitrogen and oxygen atoms in total. The first kappa shape index (κ1) is 16.7. The van der Waals surface area contributed by atoms with Gasteiger partial charge in [-0.3, -0.25) is 4.79 Å². The average Bonchev–Trinajstić information content (AvgIpc) is 2.45. The molecule has 1 atom stereocenters. The fourth-order valence-electron chi connectivity index (χ4n) is 1.85. The Morgan fingerprint density at radius 2 is 2.20 bits per heavy atom. The smallest absolute Gasteiger partial charge is 0.253 e. The number of hydrogen-bond acceptors (Lipinski definition) is 4. The molecule has 0 saturated carbocycles. The van der Waals surface area contributed by atoms with E-state index in [4.69, 9.17) is 10.5 Å². The van der Waals surface area contributed by atoms with Crippen LogP contribution in [0.3, 0.4) is 0 Å². The Bertz CT molecular complexity index is 451. The predicted molar refractivity (Wildman–Crippen MR) is 86.6 cm³/mol. The van der Waals surface area contributed by atoms with Crippen molar-refractivity contribution in [3.05, 3.63) is 23.8 Å². The molecule has 112 valence electrons. The van der Waals surface area contributed by atoms with Gasteiger partial charge in [0.15, 0.2) is 0 Å². The number of nitrogen functional groups attached to an aromatic ring is 1. The number of hydrogen-bond donors (Lipinski definition) is 1. The molecule has 0 aliphatic rings. The maximum Gasteiger partial charge on any atom is 0.253 e. The van der Waals surface area contributed by atoms with Crippen molar-refractivity contribution in [3.8, 4) is 5.75 Å². The second kappa shape index (κ2) is 8.04. The Hall–Kier alpha value is -1.36. The molecule has 0 bridgehead atoms. The number of nitrogens with zero attached hydrogens (tertiary/aromatic N) is 1. The molecule has 0 heterocycles. The molecule has 0 aliphatic heterocycles. The first-order valence-corrected chi connectivity index (χ1v) is 8.19. The van der Waals surface area contributed by atoms with E-state index in [1.165, 1.54) is 0 Å². The average molecular weight is 296 g/mol. The van der Waals surface area contributed by atoms with Crippen LogP contribution in [0.15, 0.2) is 18.2 Å². The van der Waals surface area contributed by atoms with Gasteiger partial charge in [0.25, 0.3) is 5.91 Å². The van der Waals surface area contributed by atoms with Crippen LogP contribution in [-0.2, 0) is 0 Å². The van der Waals surface area contributed by atoms with Crippen molar-refractivity contribution in [2.45, 2.75) is 26.3 Å². The van der Waals surface area contributed by atoms with E-state index in [2.05, 4.69) is 13.2 Å². The zero-order chi connectivity index (χ0) is 15.1. The Morgan fingerprint density at radius 3 is 2.75 bits per heavy atom. The van der Waals surface area contributed by atoms with Crippen molar-refractivity contribution >= 4 is 23.4 Å². The molecule has 0 fully saturated rings. The third-order valence-electron chi connectivity index (χ3n) is 3.28. The summed E-state index contributed by atoms with van der Waals surface area (Å²) in [7, 11) is 1.83. The molecule has 1 rings (SSSR count). The predicted octanol–water partition coefficient (Wildman–Crippen LogP) is 2.88. The molecule has 0 radical (unpaired) electrons. The van der Waals surface area contributed by atoms with Gasteiger partial charge >= 0.3 is 0 Å². The van der Waals surface area contributed by atoms with Gasteiger partial charge in [0.2, 0.25) is 0 Å². The van der Waals surface area contributed by atoms with E-state index in [0.717, 1.165) is 12.2 Å². The third-order valence-corrected chi connectivity index (χ3v) is 3.92. The van der Waals surface area contributed by atoms with E-state index >= 15 is 0 Å². The molecule has 5 heteroatoms. The number of ether oxygens (including phenoxy) is 1. The Labute approximate surface area is 125 Å². The van der Waals surface area contributed by atoms with Gasteiger partial charge in [-0.1, -0.05) is 0 Å². The fraction of sp³-hybridized carbons (Fsp3) is 0.533. The van der Waals surface area contributed by atoms with Crippen LogP contribution in [0.2, 0.25) is 0 Å². The van der Waals surface area contributed by atoms with Crippen LogP contribution in [-0.4, -0.2) is 42.5 Å². The lowest BCUT2D eigenvalue weighted by Crippen LogP contribution is -2.35. The summed E-state index contributed by atoms with van der Waals surface area (Å²) in [6.45, 7) is 4.52. The van der Waals surface area contributed by atoms with Crippen molar-refractivity contribution < 1.29 is 9.53 Å². The lowest BCUT2D eigenvalue weighted by molar-refractivity contribution is 0.0741. The normalized spacial score (nSPS) is 12.0. The Morgan fingerprint density at radius 1 is 1.50 bits per heavy atom. The third kappa shape index (κ3) is 4.34. The monoisotopic (exact) mass is 296 g/mol. The zero-order valence-electron chi connectivity index (χ0n) is 12.7. The molecule has 1 unspecified atom stereocenters. The summed E-state index contributed by atoms with van der Waals surface area (Å²) in [5, 5.41) is 0. The Balaban J connectivity index is 2.78. The number of carbonyl (C=O) groups is 1. The standard InChI is InChI=1S/C15H24N2O2S/c1-5-19-14-7-6-12(10-13(14)16)15(18)17(3)11(2)8-9-20-4/h6-7,10-11H,5,8-9,16H2,1-4H3. The molecule has 20 heavy (non-hydrogen) atoms. The summed E-state index contributed by atoms with van der Waals surface area (Å²) in [5.74, 6) is 1.67. The van der Waals surface area contributed by atoms with Gasteiger partial charge in [0.1, 0.15) is 5.75 Å². The van der Waals surface area contributed by atoms with Gasteiger partial charge in [-0.2, -0.15) is 11.8 Å². The van der Waals surface area contributed by atoms with E-state index < -0.39 is 0 Å². The molecule has 0 spiro atoms. The summed E-state index contributed by atoms with van der Waals surface area (Å²) in [6, 6.07) is 5.42. The van der Waals surface area contributed by atoms with Crippen molar-refractivity contribution in [1.29, 1.82) is 0 Å². The topological polar surface area (TPSA) is 55.6 Å². The fourth-order valence-corrected chi connectivity index (χ4v) is 2.43. The number of thioether (sulfide) groups is 1. The molecular formula is C15H24N2O2S. The lowest BCUT2D eigenvalue weighted by Gasteiger charge is -2.25. The first-order chi connectivity index (χ1) is 9.51. The van der Waals surface area contributed by atoms with Crippen LogP contribution in [0.25, 0.3) is 0 Å². The van der Waals surface area contributed by atoms with E-state index in [-0.39, 0.29) is 11.9 Å². The number of rotatable bonds is 7. The Kier molecular flexibility index (Phi) is 6.71. The van der Waals surface area contributed by atoms with Crippen LogP contribution < -0.4 is 10.5 Å². The summed E-state index contributed by atoms with van der Waals surface area (Å²) in [6.07, 6.45) is 3.05. The number of benzene rings is 1. The highest BCUT2D eigenvalue weighted by Crippen LogP contribution is 2.23. The molecule has 0 saturated heterocycles. The second-order valence-electron chi connectivity index (χ2n) is 4.73. The SMILES string of the molecule is CCOc1ccc(C(=O)N(C)C(C)CCSC)cc1N. The van der Waals surface area contributed by atoms with Crippen LogP contribution in [0.5, 0.6) is 5.75 Å². The van der Waals surface area contributed by atoms with E-state index in [1.807, 2.05) is 14.0 Å². The minimum Gasteiger partial charge on any atom is -0.492 e. The minimum absolute atomic E-state index is 0.00616. The van der Waals surface area contributed by atoms with Gasteiger partial charge in [0.05, 0.1) is 12.3 Å². The van der Waals surface area contributed by atoms with Gasteiger partial charge in [-0.25, -0.2) is 0 Å². The summed E-state index contributed by atoms with van der Waals surface area (Å²) in [5.41, 5.74) is 7.01. The second-order valence-corrected chi connectivity index (χ2v) is 5.72. The highest BCUT2D eigenvalue weighted by Gasteiger charge is 2.18. The highest BCUT2D eigenvalue weighted by atomic mass is 32.2. The van der Waals surface area contributed by atoms with E-state index in [0.29, 0.717) is 23.6 Å². The van der Waals surface area contributed by atoms with Crippen molar-refractivity contribution in [2.75, 3.05) is 31.4 Å². The molecule has 1 aromatic rings. The minimum atomic E-state index is -0.00616. The molecular weight excluding hydrogens is 272 g/mol. The van der Waals surface area contributed by atoms with Crippen molar-refractivity contribution in [1.82, 2.24) is 4.90 Å². The summed E-state index contributed by atoms with van der Waals surface area (Å²) < 4.78 is 5.38. The molecule has 0 aromatic heterocycles. The number of anilines is 1. The number of carbonyl (C=O) groups excluding carboxylic acids is 1. The zero-order valence-corrected chi connectivity index (χ0v) is 13.5. The van der Waals surface area contributed by atoms with Crippen LogP contribution >= 0.6 is 11.8 Å². The van der Waals surface area contributed by atoms with Gasteiger partial charge in [-0.15, -0.1) is 0 Å². The molecule has 0 aliphatic carbocycles. The van der Waals surface area contributed by atoms with Gasteiger partial charge < -0.3 is 15.4 Å². The lowest BCUT2D eigenvalue weighted by atomic mass is 10.1. The van der Waals surface area contributed by atoms with Crippen molar-refractivity contribution in [3.63, 3.8) is 0 Å². The number of nitrogens with two attached hydrogens (primary N) is 1. The molecule has 1 aromatic carbocycles. The van der Waals surface area contributed by atoms with Crippen molar-refractivity contribution in [2.24, 2.45) is 0 Å². The van der Waals surface area contributed by atoms with E-state index in [9.17, 15) is 4.79 Å². The van der Waals surface area contributed by atoms with Crippen LogP contribution in [0.4, 0.5) is 5.69 Å². The first-order valence-electron chi connectivity index (χ1n) is 6.79. The van der Waals surface area contributed by atoms with E-state index in [1.54, 1.807) is 34.9 Å². The maximum absolute atomic E-state index is 12.4. The summed E-state index contributed by atoms with van der Waals surface area (Å²) >= 11 is 1.79.